The van der Waals surface area contributed by atoms with Crippen LogP contribution < -0.4 is 10.0 Å². The molecule has 0 radical (unpaired) electrons. The minimum absolute atomic E-state index is 0.191. The zero-order valence-corrected chi connectivity index (χ0v) is 18.7. The van der Waals surface area contributed by atoms with Gasteiger partial charge in [-0.05, 0) is 24.6 Å². The predicted octanol–water partition coefficient (Wildman–Crippen LogP) is 1.10. The molecule has 33 heavy (non-hydrogen) atoms. The summed E-state index contributed by atoms with van der Waals surface area (Å²) in [7, 11) is -3.43. The quantitative estimate of drug-likeness (QED) is 0.609. The van der Waals surface area contributed by atoms with Gasteiger partial charge in [0.15, 0.2) is 0 Å². The van der Waals surface area contributed by atoms with E-state index in [4.69, 9.17) is 5.26 Å². The SMILES string of the molecule is Cc1nn(Cc2cccc(NS(C)(=O)=O)c2)cc1C(=O)NCC(=O)N1CC(F)(F)C[C@H]1C#N. The summed E-state index contributed by atoms with van der Waals surface area (Å²) in [5.41, 5.74) is 1.69. The van der Waals surface area contributed by atoms with Crippen molar-refractivity contribution in [1.29, 1.82) is 5.26 Å². The van der Waals surface area contributed by atoms with E-state index < -0.39 is 53.3 Å². The van der Waals surface area contributed by atoms with Gasteiger partial charge in [-0.15, -0.1) is 0 Å². The second-order valence-corrected chi connectivity index (χ2v) is 9.56. The standard InChI is InChI=1S/C20H22F2N6O4S/c1-13-17(19(30)24-9-18(29)28-12-20(21,22)7-16(28)8-23)11-27(25-13)10-14-4-3-5-15(6-14)26-33(2,31)32/h3-6,11,16,26H,7,9-10,12H2,1-2H3,(H,24,30)/t16-/m0/s1. The van der Waals surface area contributed by atoms with Gasteiger partial charge in [-0.25, -0.2) is 17.2 Å². The summed E-state index contributed by atoms with van der Waals surface area (Å²) in [5, 5.41) is 15.6. The van der Waals surface area contributed by atoms with Gasteiger partial charge >= 0.3 is 0 Å². The van der Waals surface area contributed by atoms with E-state index in [1.165, 1.54) is 10.9 Å². The summed E-state index contributed by atoms with van der Waals surface area (Å²) in [5.74, 6) is -4.52. The largest absolute Gasteiger partial charge is 0.343 e. The number of hydrogen-bond acceptors (Lipinski definition) is 6. The van der Waals surface area contributed by atoms with E-state index in [2.05, 4.69) is 15.1 Å². The molecule has 1 aromatic heterocycles. The van der Waals surface area contributed by atoms with Crippen LogP contribution in [0.3, 0.4) is 0 Å². The average molecular weight is 480 g/mol. The number of sulfonamides is 1. The van der Waals surface area contributed by atoms with Crippen LogP contribution in [0.25, 0.3) is 0 Å². The Hall–Kier alpha value is -3.53. The predicted molar refractivity (Wildman–Crippen MR) is 114 cm³/mol. The maximum atomic E-state index is 13.5. The maximum absolute atomic E-state index is 13.5. The van der Waals surface area contributed by atoms with Crippen LogP contribution in [-0.4, -0.2) is 66.2 Å². The van der Waals surface area contributed by atoms with Crippen molar-refractivity contribution >= 4 is 27.5 Å². The van der Waals surface area contributed by atoms with E-state index in [0.29, 0.717) is 11.4 Å². The van der Waals surface area contributed by atoms with E-state index in [0.717, 1.165) is 16.7 Å². The first kappa shape index (κ1) is 24.1. The number of alkyl halides is 2. The third-order valence-corrected chi connectivity index (χ3v) is 5.51. The molecule has 2 heterocycles. The molecule has 1 aliphatic rings. The Bertz CT molecular complexity index is 1220. The fourth-order valence-electron chi connectivity index (χ4n) is 3.50. The summed E-state index contributed by atoms with van der Waals surface area (Å²) >= 11 is 0. The van der Waals surface area contributed by atoms with Crippen molar-refractivity contribution in [3.8, 4) is 6.07 Å². The summed E-state index contributed by atoms with van der Waals surface area (Å²) in [6, 6.07) is 7.12. The van der Waals surface area contributed by atoms with Gasteiger partial charge in [-0.3, -0.25) is 19.0 Å². The van der Waals surface area contributed by atoms with Gasteiger partial charge in [0.05, 0.1) is 43.2 Å². The third kappa shape index (κ3) is 6.26. The van der Waals surface area contributed by atoms with Crippen LogP contribution in [0.4, 0.5) is 14.5 Å². The minimum atomic E-state index is -3.43. The topological polar surface area (TPSA) is 137 Å². The van der Waals surface area contributed by atoms with Gasteiger partial charge in [-0.2, -0.15) is 10.4 Å². The number of nitrogens with zero attached hydrogens (tertiary/aromatic N) is 4. The number of halogens is 2. The van der Waals surface area contributed by atoms with Crippen molar-refractivity contribution in [3.63, 3.8) is 0 Å². The highest BCUT2D eigenvalue weighted by atomic mass is 32.2. The molecule has 1 aliphatic heterocycles. The molecule has 2 amide bonds. The number of carbonyl (C=O) groups excluding carboxylic acids is 2. The summed E-state index contributed by atoms with van der Waals surface area (Å²) < 4.78 is 53.7. The van der Waals surface area contributed by atoms with Crippen LogP contribution in [0.1, 0.15) is 28.0 Å². The Morgan fingerprint density at radius 2 is 2.09 bits per heavy atom. The molecular formula is C20H22F2N6O4S. The number of hydrogen-bond donors (Lipinski definition) is 2. The van der Waals surface area contributed by atoms with Crippen LogP contribution in [-0.2, 0) is 21.4 Å². The molecule has 2 N–H and O–H groups in total. The van der Waals surface area contributed by atoms with Crippen LogP contribution in [0.2, 0.25) is 0 Å². The number of likely N-dealkylation sites (tertiary alicyclic amines) is 1. The van der Waals surface area contributed by atoms with Gasteiger partial charge in [0.2, 0.25) is 15.9 Å². The second-order valence-electron chi connectivity index (χ2n) is 7.81. The lowest BCUT2D eigenvalue weighted by Gasteiger charge is -2.19. The van der Waals surface area contributed by atoms with Crippen LogP contribution in [0.5, 0.6) is 0 Å². The molecule has 0 unspecified atom stereocenters. The number of aromatic nitrogens is 2. The van der Waals surface area contributed by atoms with E-state index in [1.54, 1.807) is 37.3 Å². The number of anilines is 1. The van der Waals surface area contributed by atoms with Crippen molar-refractivity contribution in [1.82, 2.24) is 20.0 Å². The lowest BCUT2D eigenvalue weighted by molar-refractivity contribution is -0.131. The molecule has 3 rings (SSSR count). The first-order valence-electron chi connectivity index (χ1n) is 9.83. The first-order valence-corrected chi connectivity index (χ1v) is 11.7. The van der Waals surface area contributed by atoms with Crippen molar-refractivity contribution in [2.45, 2.75) is 31.9 Å². The molecule has 2 aromatic rings. The maximum Gasteiger partial charge on any atom is 0.268 e. The fraction of sp³-hybridized carbons (Fsp3) is 0.400. The highest BCUT2D eigenvalue weighted by Gasteiger charge is 2.47. The molecule has 10 nitrogen and oxygen atoms in total. The van der Waals surface area contributed by atoms with Gasteiger partial charge in [0, 0.05) is 18.3 Å². The summed E-state index contributed by atoms with van der Waals surface area (Å²) in [6.45, 7) is 0.460. The molecular weight excluding hydrogens is 458 g/mol. The molecule has 0 spiro atoms. The molecule has 0 bridgehead atoms. The normalized spacial score (nSPS) is 17.4. The van der Waals surface area contributed by atoms with Gasteiger partial charge in [0.25, 0.3) is 11.8 Å². The van der Waals surface area contributed by atoms with Crippen molar-refractivity contribution in [3.05, 3.63) is 47.3 Å². The highest BCUT2D eigenvalue weighted by molar-refractivity contribution is 7.92. The number of amides is 2. The van der Waals surface area contributed by atoms with Crippen molar-refractivity contribution < 1.29 is 26.8 Å². The fourth-order valence-corrected chi connectivity index (χ4v) is 4.06. The molecule has 13 heteroatoms. The minimum Gasteiger partial charge on any atom is -0.343 e. The Balaban J connectivity index is 1.63. The number of nitriles is 1. The zero-order valence-electron chi connectivity index (χ0n) is 17.9. The Morgan fingerprint density at radius 1 is 1.36 bits per heavy atom. The molecule has 1 atom stereocenters. The molecule has 0 aliphatic carbocycles. The van der Waals surface area contributed by atoms with Gasteiger partial charge < -0.3 is 10.2 Å². The van der Waals surface area contributed by atoms with Crippen LogP contribution in [0.15, 0.2) is 30.5 Å². The van der Waals surface area contributed by atoms with E-state index >= 15 is 0 Å². The molecule has 1 aromatic carbocycles. The second kappa shape index (κ2) is 9.14. The average Bonchev–Trinajstić information content (AvgIpc) is 3.23. The van der Waals surface area contributed by atoms with Crippen LogP contribution in [0, 0.1) is 18.3 Å². The van der Waals surface area contributed by atoms with Gasteiger partial charge in [0.1, 0.15) is 6.04 Å². The van der Waals surface area contributed by atoms with E-state index in [1.807, 2.05) is 0 Å². The molecule has 1 saturated heterocycles. The number of nitrogens with one attached hydrogen (secondary N) is 2. The molecule has 0 saturated carbocycles. The smallest absolute Gasteiger partial charge is 0.268 e. The van der Waals surface area contributed by atoms with Crippen molar-refractivity contribution in [2.24, 2.45) is 0 Å². The lowest BCUT2D eigenvalue weighted by Crippen LogP contribution is -2.43. The van der Waals surface area contributed by atoms with Crippen LogP contribution >= 0.6 is 0 Å². The Labute approximate surface area is 189 Å². The number of benzene rings is 1. The number of carbonyl (C=O) groups is 2. The van der Waals surface area contributed by atoms with E-state index in [-0.39, 0.29) is 12.1 Å². The molecule has 1 fully saturated rings. The lowest BCUT2D eigenvalue weighted by atomic mass is 10.2. The Kier molecular flexibility index (Phi) is 6.68. The zero-order chi connectivity index (χ0) is 24.4. The third-order valence-electron chi connectivity index (χ3n) is 4.91. The van der Waals surface area contributed by atoms with Crippen molar-refractivity contribution in [2.75, 3.05) is 24.1 Å². The summed E-state index contributed by atoms with van der Waals surface area (Å²) in [4.78, 5) is 25.5. The summed E-state index contributed by atoms with van der Waals surface area (Å²) in [6.07, 6.45) is 1.78. The monoisotopic (exact) mass is 480 g/mol. The van der Waals surface area contributed by atoms with Gasteiger partial charge in [-0.1, -0.05) is 12.1 Å². The first-order chi connectivity index (χ1) is 15.4. The highest BCUT2D eigenvalue weighted by Crippen LogP contribution is 2.31. The molecule has 176 valence electrons. The number of aryl methyl sites for hydroxylation is 1. The van der Waals surface area contributed by atoms with E-state index in [9.17, 15) is 26.8 Å². The Morgan fingerprint density at radius 3 is 2.76 bits per heavy atom. The number of rotatable bonds is 7.